The van der Waals surface area contributed by atoms with Crippen LogP contribution in [0.2, 0.25) is 0 Å². The van der Waals surface area contributed by atoms with Crippen molar-refractivity contribution in [2.45, 2.75) is 0 Å². The van der Waals surface area contributed by atoms with E-state index in [1.165, 1.54) is 0 Å². The van der Waals surface area contributed by atoms with Gasteiger partial charge in [-0.25, -0.2) is 0 Å². The van der Waals surface area contributed by atoms with Gasteiger partial charge in [0.2, 0.25) is 0 Å². The lowest BCUT2D eigenvalue weighted by Crippen LogP contribution is -1.93. The van der Waals surface area contributed by atoms with Gasteiger partial charge in [-0.15, -0.1) is 0 Å². The SMILES string of the molecule is C=C/C=C\C=C1/CN=CC=N1. The van der Waals surface area contributed by atoms with Crippen molar-refractivity contribution in [1.29, 1.82) is 0 Å². The van der Waals surface area contributed by atoms with Crippen molar-refractivity contribution in [3.05, 3.63) is 36.6 Å². The first-order chi connectivity index (χ1) is 5.43. The zero-order chi connectivity index (χ0) is 7.94. The first-order valence-electron chi connectivity index (χ1n) is 3.44. The lowest BCUT2D eigenvalue weighted by atomic mass is 10.3. The molecule has 0 atom stereocenters. The highest BCUT2D eigenvalue weighted by Gasteiger charge is 1.91. The Morgan fingerprint density at radius 3 is 2.91 bits per heavy atom. The third kappa shape index (κ3) is 2.76. The molecule has 0 saturated heterocycles. The summed E-state index contributed by atoms with van der Waals surface area (Å²) in [5, 5.41) is 0. The minimum atomic E-state index is 0.679. The van der Waals surface area contributed by atoms with E-state index in [0.717, 1.165) is 5.70 Å². The Morgan fingerprint density at radius 1 is 1.36 bits per heavy atom. The Kier molecular flexibility index (Phi) is 3.06. The van der Waals surface area contributed by atoms with Gasteiger partial charge in [-0.2, -0.15) is 0 Å². The van der Waals surface area contributed by atoms with Crippen molar-refractivity contribution in [2.75, 3.05) is 6.54 Å². The van der Waals surface area contributed by atoms with Crippen molar-refractivity contribution in [1.82, 2.24) is 0 Å². The number of nitrogens with zero attached hydrogens (tertiary/aromatic N) is 2. The van der Waals surface area contributed by atoms with Gasteiger partial charge < -0.3 is 0 Å². The van der Waals surface area contributed by atoms with Crippen LogP contribution in [0.25, 0.3) is 0 Å². The van der Waals surface area contributed by atoms with Crippen LogP contribution < -0.4 is 0 Å². The second kappa shape index (κ2) is 4.39. The highest BCUT2D eigenvalue weighted by atomic mass is 14.9. The van der Waals surface area contributed by atoms with Gasteiger partial charge in [-0.05, 0) is 6.08 Å². The first-order valence-corrected chi connectivity index (χ1v) is 3.44. The molecule has 1 aliphatic rings. The van der Waals surface area contributed by atoms with E-state index in [1.54, 1.807) is 18.5 Å². The molecule has 0 spiro atoms. The van der Waals surface area contributed by atoms with Crippen molar-refractivity contribution in [3.63, 3.8) is 0 Å². The van der Waals surface area contributed by atoms with Crippen LogP contribution >= 0.6 is 0 Å². The number of hydrogen-bond donors (Lipinski definition) is 0. The molecule has 0 N–H and O–H groups in total. The lowest BCUT2D eigenvalue weighted by Gasteiger charge is -1.97. The van der Waals surface area contributed by atoms with Gasteiger partial charge in [-0.1, -0.05) is 24.8 Å². The van der Waals surface area contributed by atoms with Gasteiger partial charge in [0.1, 0.15) is 0 Å². The van der Waals surface area contributed by atoms with Crippen LogP contribution in [0.1, 0.15) is 0 Å². The zero-order valence-corrected chi connectivity index (χ0v) is 6.27. The van der Waals surface area contributed by atoms with E-state index in [-0.39, 0.29) is 0 Å². The van der Waals surface area contributed by atoms with Crippen LogP contribution in [0, 0.1) is 0 Å². The molecule has 0 bridgehead atoms. The van der Waals surface area contributed by atoms with E-state index in [2.05, 4.69) is 16.6 Å². The minimum Gasteiger partial charge on any atom is -0.285 e. The van der Waals surface area contributed by atoms with E-state index in [9.17, 15) is 0 Å². The average Bonchev–Trinajstić information content (AvgIpc) is 2.07. The second-order valence-electron chi connectivity index (χ2n) is 2.05. The molecule has 1 rings (SSSR count). The first kappa shape index (κ1) is 7.66. The lowest BCUT2D eigenvalue weighted by molar-refractivity contribution is 1.11. The molecule has 0 aliphatic carbocycles. The third-order valence-corrected chi connectivity index (χ3v) is 1.20. The standard InChI is InChI=1S/C9H10N2/c1-2-3-4-5-9-8-10-6-7-11-9/h2-7H,1,8H2/b4-3-,9-5+. The predicted octanol–water partition coefficient (Wildman–Crippen LogP) is 1.77. The summed E-state index contributed by atoms with van der Waals surface area (Å²) in [5.74, 6) is 0. The Bertz CT molecular complexity index is 244. The van der Waals surface area contributed by atoms with Gasteiger partial charge in [0, 0.05) is 12.4 Å². The quantitative estimate of drug-likeness (QED) is 0.530. The van der Waals surface area contributed by atoms with Crippen LogP contribution in [-0.2, 0) is 0 Å². The van der Waals surface area contributed by atoms with Gasteiger partial charge in [0.25, 0.3) is 0 Å². The van der Waals surface area contributed by atoms with Crippen LogP contribution in [0.3, 0.4) is 0 Å². The van der Waals surface area contributed by atoms with Crippen LogP contribution in [0.4, 0.5) is 0 Å². The fourth-order valence-corrected chi connectivity index (χ4v) is 0.704. The minimum absolute atomic E-state index is 0.679. The predicted molar refractivity (Wildman–Crippen MR) is 49.3 cm³/mol. The summed E-state index contributed by atoms with van der Waals surface area (Å²) in [5.41, 5.74) is 0.977. The summed E-state index contributed by atoms with van der Waals surface area (Å²) < 4.78 is 0. The molecule has 56 valence electrons. The van der Waals surface area contributed by atoms with Crippen molar-refractivity contribution >= 4 is 12.4 Å². The Morgan fingerprint density at radius 2 is 2.27 bits per heavy atom. The monoisotopic (exact) mass is 146 g/mol. The molecule has 1 aliphatic heterocycles. The normalized spacial score (nSPS) is 19.8. The molecule has 0 aromatic heterocycles. The molecule has 0 amide bonds. The summed E-state index contributed by atoms with van der Waals surface area (Å²) in [6.07, 6.45) is 10.8. The summed E-state index contributed by atoms with van der Waals surface area (Å²) in [7, 11) is 0. The van der Waals surface area contributed by atoms with E-state index in [4.69, 9.17) is 0 Å². The fourth-order valence-electron chi connectivity index (χ4n) is 0.704. The van der Waals surface area contributed by atoms with Crippen molar-refractivity contribution in [2.24, 2.45) is 9.98 Å². The molecular weight excluding hydrogens is 136 g/mol. The molecule has 0 aromatic rings. The van der Waals surface area contributed by atoms with Crippen LogP contribution in [0.15, 0.2) is 46.6 Å². The maximum Gasteiger partial charge on any atom is 0.0812 e. The van der Waals surface area contributed by atoms with Crippen molar-refractivity contribution < 1.29 is 0 Å². The van der Waals surface area contributed by atoms with E-state index < -0.39 is 0 Å². The summed E-state index contributed by atoms with van der Waals surface area (Å²) in [6.45, 7) is 4.24. The summed E-state index contributed by atoms with van der Waals surface area (Å²) >= 11 is 0. The van der Waals surface area contributed by atoms with E-state index in [0.29, 0.717) is 6.54 Å². The Balaban J connectivity index is 2.53. The number of hydrogen-bond acceptors (Lipinski definition) is 2. The second-order valence-corrected chi connectivity index (χ2v) is 2.05. The van der Waals surface area contributed by atoms with Crippen LogP contribution in [0.5, 0.6) is 0 Å². The van der Waals surface area contributed by atoms with Gasteiger partial charge >= 0.3 is 0 Å². The molecular formula is C9H10N2. The maximum absolute atomic E-state index is 4.10. The molecule has 11 heavy (non-hydrogen) atoms. The number of allylic oxidation sites excluding steroid dienone is 4. The van der Waals surface area contributed by atoms with Crippen LogP contribution in [-0.4, -0.2) is 19.0 Å². The summed E-state index contributed by atoms with van der Waals surface area (Å²) in [4.78, 5) is 8.14. The Labute approximate surface area is 66.4 Å². The zero-order valence-electron chi connectivity index (χ0n) is 6.27. The molecule has 0 saturated carbocycles. The van der Waals surface area contributed by atoms with Gasteiger partial charge in [-0.3, -0.25) is 9.98 Å². The summed E-state index contributed by atoms with van der Waals surface area (Å²) in [6, 6.07) is 0. The highest BCUT2D eigenvalue weighted by molar-refractivity contribution is 6.16. The van der Waals surface area contributed by atoms with E-state index >= 15 is 0 Å². The average molecular weight is 146 g/mol. The molecule has 0 fully saturated rings. The topological polar surface area (TPSA) is 24.7 Å². The van der Waals surface area contributed by atoms with Gasteiger partial charge in [0.05, 0.1) is 12.2 Å². The Hall–Kier alpha value is -1.44. The number of rotatable bonds is 2. The smallest absolute Gasteiger partial charge is 0.0812 e. The fraction of sp³-hybridized carbons (Fsp3) is 0.111. The van der Waals surface area contributed by atoms with E-state index in [1.807, 2.05) is 18.2 Å². The molecule has 0 aromatic carbocycles. The molecule has 0 radical (unpaired) electrons. The van der Waals surface area contributed by atoms with Gasteiger partial charge in [0.15, 0.2) is 0 Å². The highest BCUT2D eigenvalue weighted by Crippen LogP contribution is 1.99. The molecule has 0 unspecified atom stereocenters. The molecule has 2 nitrogen and oxygen atoms in total. The third-order valence-electron chi connectivity index (χ3n) is 1.20. The largest absolute Gasteiger partial charge is 0.285 e. The molecule has 1 heterocycles. The molecule has 2 heteroatoms. The number of aliphatic imine (C=N–C) groups is 2. The van der Waals surface area contributed by atoms with Crippen molar-refractivity contribution in [3.8, 4) is 0 Å². The maximum atomic E-state index is 4.10.